The normalized spacial score (nSPS) is 19.9. The molecule has 4 unspecified atom stereocenters. The van der Waals surface area contributed by atoms with Gasteiger partial charge in [-0.2, -0.15) is 8.42 Å². The number of aliphatic carboxylic acids is 1. The first kappa shape index (κ1) is 24.7. The molecule has 0 bridgehead atoms. The van der Waals surface area contributed by atoms with E-state index in [1.54, 1.807) is 0 Å². The molecule has 13 nitrogen and oxygen atoms in total. The molecule has 0 radical (unpaired) electrons. The van der Waals surface area contributed by atoms with Gasteiger partial charge in [0.1, 0.15) is 23.9 Å². The van der Waals surface area contributed by atoms with Crippen molar-refractivity contribution >= 4 is 33.8 Å². The summed E-state index contributed by atoms with van der Waals surface area (Å²) in [5.41, 5.74) is 0. The summed E-state index contributed by atoms with van der Waals surface area (Å²) in [4.78, 5) is 49.2. The number of hydrogen-bond acceptors (Lipinski definition) is 8. The van der Waals surface area contributed by atoms with E-state index in [2.05, 4.69) is 16.0 Å². The molecule has 29 heavy (non-hydrogen) atoms. The second kappa shape index (κ2) is 10.5. The SMILES string of the molecule is CNCC(=O)NC(CS(=O)(=O)O)C(=O)NC(C(=O)N1CCCC1C(=O)O)C(C)O. The Hall–Kier alpha value is -2.29. The first-order valence-electron chi connectivity index (χ1n) is 8.78. The highest BCUT2D eigenvalue weighted by Crippen LogP contribution is 2.19. The number of rotatable bonds is 10. The number of carboxylic acid groups (broad SMARTS) is 1. The Morgan fingerprint density at radius 2 is 1.83 bits per heavy atom. The minimum absolute atomic E-state index is 0.113. The fraction of sp³-hybridized carbons (Fsp3) is 0.733. The van der Waals surface area contributed by atoms with Crippen LogP contribution in [0.5, 0.6) is 0 Å². The molecule has 3 amide bonds. The number of likely N-dealkylation sites (tertiary alicyclic amines) is 1. The van der Waals surface area contributed by atoms with Crippen LogP contribution < -0.4 is 16.0 Å². The minimum Gasteiger partial charge on any atom is -0.480 e. The Balaban J connectivity index is 3.00. The van der Waals surface area contributed by atoms with Gasteiger partial charge in [-0.15, -0.1) is 0 Å². The molecular formula is C15H26N4O9S. The van der Waals surface area contributed by atoms with E-state index < -0.39 is 63.8 Å². The average Bonchev–Trinajstić information content (AvgIpc) is 3.07. The Bertz CT molecular complexity index is 740. The molecule has 1 rings (SSSR count). The zero-order valence-electron chi connectivity index (χ0n) is 16.0. The van der Waals surface area contributed by atoms with Crippen LogP contribution in [0.3, 0.4) is 0 Å². The van der Waals surface area contributed by atoms with E-state index in [-0.39, 0.29) is 19.5 Å². The molecule has 0 aliphatic carbocycles. The molecule has 0 saturated carbocycles. The Kier molecular flexibility index (Phi) is 8.94. The molecule has 1 aliphatic rings. The fourth-order valence-corrected chi connectivity index (χ4v) is 3.56. The molecule has 0 spiro atoms. The number of carbonyl (C=O) groups excluding carboxylic acids is 3. The lowest BCUT2D eigenvalue weighted by Crippen LogP contribution is -2.60. The van der Waals surface area contributed by atoms with Crippen molar-refractivity contribution < 1.29 is 42.4 Å². The van der Waals surface area contributed by atoms with Crippen molar-refractivity contribution in [3.8, 4) is 0 Å². The van der Waals surface area contributed by atoms with Crippen LogP contribution in [0.4, 0.5) is 0 Å². The second-order valence-corrected chi connectivity index (χ2v) is 8.15. The summed E-state index contributed by atoms with van der Waals surface area (Å²) in [5.74, 6) is -5.13. The number of aliphatic hydroxyl groups excluding tert-OH is 1. The van der Waals surface area contributed by atoms with Crippen LogP contribution in [0.25, 0.3) is 0 Å². The third kappa shape index (κ3) is 7.56. The van der Waals surface area contributed by atoms with Gasteiger partial charge >= 0.3 is 5.97 Å². The largest absolute Gasteiger partial charge is 0.480 e. The fourth-order valence-electron chi connectivity index (χ4n) is 2.91. The zero-order chi connectivity index (χ0) is 22.4. The number of hydrogen-bond donors (Lipinski definition) is 6. The molecule has 6 N–H and O–H groups in total. The van der Waals surface area contributed by atoms with Crippen molar-refractivity contribution in [3.63, 3.8) is 0 Å². The summed E-state index contributed by atoms with van der Waals surface area (Å²) in [6.45, 7) is 1.05. The highest BCUT2D eigenvalue weighted by atomic mass is 32.2. The summed E-state index contributed by atoms with van der Waals surface area (Å²) < 4.78 is 31.4. The molecular weight excluding hydrogens is 412 g/mol. The molecule has 166 valence electrons. The summed E-state index contributed by atoms with van der Waals surface area (Å²) in [7, 11) is -3.23. The van der Waals surface area contributed by atoms with Gasteiger partial charge in [-0.1, -0.05) is 0 Å². The lowest BCUT2D eigenvalue weighted by molar-refractivity contribution is -0.150. The van der Waals surface area contributed by atoms with Crippen LogP contribution in [-0.4, -0.2) is 102 Å². The number of carboxylic acids is 1. The monoisotopic (exact) mass is 438 g/mol. The maximum absolute atomic E-state index is 12.7. The highest BCUT2D eigenvalue weighted by Gasteiger charge is 2.40. The number of aliphatic hydroxyl groups is 1. The van der Waals surface area contributed by atoms with Crippen molar-refractivity contribution in [2.24, 2.45) is 0 Å². The van der Waals surface area contributed by atoms with E-state index in [1.807, 2.05) is 0 Å². The lowest BCUT2D eigenvalue weighted by atomic mass is 10.1. The third-order valence-electron chi connectivity index (χ3n) is 4.23. The number of carbonyl (C=O) groups is 4. The minimum atomic E-state index is -4.67. The zero-order valence-corrected chi connectivity index (χ0v) is 16.8. The van der Waals surface area contributed by atoms with Gasteiger partial charge in [0.05, 0.1) is 12.6 Å². The molecule has 1 saturated heterocycles. The average molecular weight is 438 g/mol. The standard InChI is InChI=1S/C15H26N4O9S/c1-8(20)12(14(23)19-5-3-4-10(19)15(24)25)18-13(22)9(7-29(26,27)28)17-11(21)6-16-2/h8-10,12,16,20H,3-7H2,1-2H3,(H,17,21)(H,18,22)(H,24,25)(H,26,27,28). The summed E-state index contributed by atoms with van der Waals surface area (Å²) in [6, 6.07) is -4.43. The van der Waals surface area contributed by atoms with Gasteiger partial charge < -0.3 is 31.1 Å². The number of nitrogens with zero attached hydrogens (tertiary/aromatic N) is 1. The molecule has 1 heterocycles. The van der Waals surface area contributed by atoms with Gasteiger partial charge in [0.2, 0.25) is 17.7 Å². The smallest absolute Gasteiger partial charge is 0.326 e. The van der Waals surface area contributed by atoms with Gasteiger partial charge in [-0.3, -0.25) is 18.9 Å². The number of likely N-dealkylation sites (N-methyl/N-ethyl adjacent to an activating group) is 1. The van der Waals surface area contributed by atoms with E-state index in [1.165, 1.54) is 14.0 Å². The van der Waals surface area contributed by atoms with Gasteiger partial charge in [0, 0.05) is 6.54 Å². The predicted molar refractivity (Wildman–Crippen MR) is 98.3 cm³/mol. The molecule has 1 aliphatic heterocycles. The van der Waals surface area contributed by atoms with E-state index in [4.69, 9.17) is 4.55 Å². The van der Waals surface area contributed by atoms with Crippen LogP contribution in [0, 0.1) is 0 Å². The molecule has 4 atom stereocenters. The molecule has 0 aromatic carbocycles. The van der Waals surface area contributed by atoms with Gasteiger partial charge in [0.15, 0.2) is 0 Å². The van der Waals surface area contributed by atoms with E-state index in [0.717, 1.165) is 4.90 Å². The van der Waals surface area contributed by atoms with Crippen LogP contribution in [0.2, 0.25) is 0 Å². The quantitative estimate of drug-likeness (QED) is 0.186. The first-order chi connectivity index (χ1) is 13.4. The van der Waals surface area contributed by atoms with Crippen LogP contribution in [0.1, 0.15) is 19.8 Å². The number of nitrogens with one attached hydrogen (secondary N) is 3. The van der Waals surface area contributed by atoms with Crippen molar-refractivity contribution in [2.75, 3.05) is 25.9 Å². The van der Waals surface area contributed by atoms with Crippen molar-refractivity contribution in [3.05, 3.63) is 0 Å². The molecule has 0 aromatic heterocycles. The summed E-state index contributed by atoms with van der Waals surface area (Å²) >= 11 is 0. The molecule has 0 aromatic rings. The van der Waals surface area contributed by atoms with Gasteiger partial charge in [0.25, 0.3) is 10.1 Å². The van der Waals surface area contributed by atoms with Crippen LogP contribution in [0.15, 0.2) is 0 Å². The van der Waals surface area contributed by atoms with Crippen LogP contribution in [-0.2, 0) is 29.3 Å². The van der Waals surface area contributed by atoms with Crippen LogP contribution >= 0.6 is 0 Å². The van der Waals surface area contributed by atoms with Gasteiger partial charge in [-0.25, -0.2) is 4.79 Å². The Morgan fingerprint density at radius 1 is 1.21 bits per heavy atom. The number of amides is 3. The van der Waals surface area contributed by atoms with Crippen molar-refractivity contribution in [1.29, 1.82) is 0 Å². The summed E-state index contributed by atoms with van der Waals surface area (Å²) in [6.07, 6.45) is -0.803. The highest BCUT2D eigenvalue weighted by molar-refractivity contribution is 7.85. The Morgan fingerprint density at radius 3 is 2.31 bits per heavy atom. The van der Waals surface area contributed by atoms with E-state index in [0.29, 0.717) is 6.42 Å². The van der Waals surface area contributed by atoms with E-state index in [9.17, 15) is 37.8 Å². The Labute approximate surface area is 167 Å². The maximum Gasteiger partial charge on any atom is 0.326 e. The first-order valence-corrected chi connectivity index (χ1v) is 10.4. The molecule has 14 heteroatoms. The van der Waals surface area contributed by atoms with Crippen molar-refractivity contribution in [2.45, 2.75) is 44.0 Å². The van der Waals surface area contributed by atoms with Gasteiger partial charge in [-0.05, 0) is 26.8 Å². The topological polar surface area (TPSA) is 202 Å². The summed E-state index contributed by atoms with van der Waals surface area (Å²) in [5, 5.41) is 25.9. The van der Waals surface area contributed by atoms with Crippen molar-refractivity contribution in [1.82, 2.24) is 20.9 Å². The second-order valence-electron chi connectivity index (χ2n) is 6.65. The molecule has 1 fully saturated rings. The van der Waals surface area contributed by atoms with E-state index >= 15 is 0 Å². The third-order valence-corrected chi connectivity index (χ3v) is 4.99. The lowest BCUT2D eigenvalue weighted by Gasteiger charge is -2.29. The predicted octanol–water partition coefficient (Wildman–Crippen LogP) is -3.48. The maximum atomic E-state index is 12.7.